The van der Waals surface area contributed by atoms with E-state index in [1.165, 1.54) is 7.11 Å². The minimum atomic E-state index is -1.13. The van der Waals surface area contributed by atoms with Gasteiger partial charge in [0.05, 0.1) is 24.2 Å². The number of aliphatic hydroxyl groups is 1. The predicted octanol–water partition coefficient (Wildman–Crippen LogP) is 1.62. The van der Waals surface area contributed by atoms with Gasteiger partial charge in [-0.25, -0.2) is 9.97 Å². The molecule has 0 saturated carbocycles. The Morgan fingerprint density at radius 1 is 1.44 bits per heavy atom. The number of esters is 1. The largest absolute Gasteiger partial charge is 0.468 e. The van der Waals surface area contributed by atoms with Crippen molar-refractivity contribution in [1.29, 1.82) is 5.26 Å². The maximum atomic E-state index is 12.1. The second-order valence-corrected chi connectivity index (χ2v) is 6.14. The number of rotatable bonds is 4. The van der Waals surface area contributed by atoms with E-state index in [1.807, 2.05) is 29.2 Å². The molecule has 130 valence electrons. The Morgan fingerprint density at radius 3 is 2.80 bits per heavy atom. The molecule has 7 nitrogen and oxygen atoms in total. The van der Waals surface area contributed by atoms with E-state index in [1.54, 1.807) is 6.07 Å². The lowest BCUT2D eigenvalue weighted by atomic mass is 9.98. The van der Waals surface area contributed by atoms with Crippen LogP contribution in [0.25, 0.3) is 11.0 Å². The maximum Gasteiger partial charge on any atom is 0.329 e. The molecule has 2 heterocycles. The van der Waals surface area contributed by atoms with E-state index in [9.17, 15) is 15.2 Å². The van der Waals surface area contributed by atoms with Crippen LogP contribution in [0.2, 0.25) is 0 Å². The first-order valence-corrected chi connectivity index (χ1v) is 8.27. The van der Waals surface area contributed by atoms with Gasteiger partial charge in [-0.05, 0) is 30.9 Å². The Morgan fingerprint density at radius 2 is 2.16 bits per heavy atom. The number of ether oxygens (including phenoxy) is 1. The highest BCUT2D eigenvalue weighted by atomic mass is 16.5. The van der Waals surface area contributed by atoms with Crippen LogP contribution in [-0.2, 0) is 9.53 Å². The zero-order valence-electron chi connectivity index (χ0n) is 14.1. The highest BCUT2D eigenvalue weighted by Gasteiger charge is 2.31. The van der Waals surface area contributed by atoms with Crippen LogP contribution in [-0.4, -0.2) is 47.8 Å². The molecular weight excluding hydrogens is 320 g/mol. The fourth-order valence-electron chi connectivity index (χ4n) is 3.18. The lowest BCUT2D eigenvalue weighted by molar-refractivity contribution is -0.141. The minimum absolute atomic E-state index is 0.103. The Balaban J connectivity index is 2.12. The van der Waals surface area contributed by atoms with Crippen LogP contribution < -0.4 is 4.90 Å². The molecule has 7 heteroatoms. The number of aromatic nitrogens is 2. The van der Waals surface area contributed by atoms with Crippen molar-refractivity contribution >= 4 is 22.8 Å². The average Bonchev–Trinajstić information content (AvgIpc) is 2.67. The fraction of sp³-hybridized carbons (Fsp3) is 0.444. The van der Waals surface area contributed by atoms with Gasteiger partial charge < -0.3 is 14.7 Å². The van der Waals surface area contributed by atoms with E-state index in [0.717, 1.165) is 19.4 Å². The number of fused-ring (bicyclic) bond motifs is 1. The number of methoxy groups -OCH3 is 1. The highest BCUT2D eigenvalue weighted by molar-refractivity contribution is 5.85. The van der Waals surface area contributed by atoms with Gasteiger partial charge in [-0.1, -0.05) is 12.1 Å². The van der Waals surface area contributed by atoms with Crippen molar-refractivity contribution in [3.63, 3.8) is 0 Å². The molecule has 1 aromatic heterocycles. The minimum Gasteiger partial charge on any atom is -0.468 e. The normalized spacial score (nSPS) is 18.6. The van der Waals surface area contributed by atoms with Gasteiger partial charge in [0, 0.05) is 19.7 Å². The third kappa shape index (κ3) is 3.39. The molecule has 1 N–H and O–H groups in total. The first-order chi connectivity index (χ1) is 12.2. The first-order valence-electron chi connectivity index (χ1n) is 8.27. The Labute approximate surface area is 145 Å². The average molecular weight is 340 g/mol. The molecule has 1 aromatic carbocycles. The van der Waals surface area contributed by atoms with Gasteiger partial charge in [0.15, 0.2) is 11.7 Å². The molecular formula is C18H20N4O3. The number of anilines is 1. The van der Waals surface area contributed by atoms with Crippen LogP contribution in [0.4, 0.5) is 5.82 Å². The Hall–Kier alpha value is -2.72. The number of hydrogen-bond acceptors (Lipinski definition) is 7. The molecule has 0 unspecified atom stereocenters. The zero-order valence-corrected chi connectivity index (χ0v) is 14.1. The van der Waals surface area contributed by atoms with Gasteiger partial charge in [0.1, 0.15) is 5.69 Å². The van der Waals surface area contributed by atoms with E-state index in [-0.39, 0.29) is 12.5 Å². The van der Waals surface area contributed by atoms with Crippen LogP contribution in [0.3, 0.4) is 0 Å². The number of carbonyl (C=O) groups is 1. The lowest BCUT2D eigenvalue weighted by Crippen LogP contribution is -2.38. The van der Waals surface area contributed by atoms with Crippen molar-refractivity contribution in [3.05, 3.63) is 30.0 Å². The van der Waals surface area contributed by atoms with Gasteiger partial charge in [0.25, 0.3) is 0 Å². The molecule has 1 aliphatic rings. The van der Waals surface area contributed by atoms with Crippen LogP contribution >= 0.6 is 0 Å². The Bertz CT molecular complexity index is 818. The topological polar surface area (TPSA) is 99.3 Å². The van der Waals surface area contributed by atoms with E-state index < -0.39 is 11.9 Å². The van der Waals surface area contributed by atoms with E-state index in [0.29, 0.717) is 29.1 Å². The van der Waals surface area contributed by atoms with Crippen LogP contribution in [0, 0.1) is 17.2 Å². The summed E-state index contributed by atoms with van der Waals surface area (Å²) in [6, 6.07) is 9.34. The smallest absolute Gasteiger partial charge is 0.329 e. The SMILES string of the molecule is COC(=O)[C@H](C#N)c1nc2ccccc2nc1N1CCC[C@H](CO)C1. The molecule has 3 rings (SSSR count). The molecule has 1 fully saturated rings. The van der Waals surface area contributed by atoms with E-state index in [2.05, 4.69) is 9.97 Å². The van der Waals surface area contributed by atoms with Crippen molar-refractivity contribution in [2.45, 2.75) is 18.8 Å². The third-order valence-electron chi connectivity index (χ3n) is 4.49. The number of aliphatic hydroxyl groups excluding tert-OH is 1. The van der Waals surface area contributed by atoms with Crippen molar-refractivity contribution in [1.82, 2.24) is 9.97 Å². The molecule has 0 aliphatic carbocycles. The number of nitrogens with zero attached hydrogens (tertiary/aromatic N) is 4. The van der Waals surface area contributed by atoms with Crippen LogP contribution in [0.5, 0.6) is 0 Å². The first kappa shape index (κ1) is 17.1. The number of piperidine rings is 1. The summed E-state index contributed by atoms with van der Waals surface area (Å²) in [4.78, 5) is 23.3. The molecule has 25 heavy (non-hydrogen) atoms. The third-order valence-corrected chi connectivity index (χ3v) is 4.49. The van der Waals surface area contributed by atoms with Gasteiger partial charge in [0.2, 0.25) is 0 Å². The quantitative estimate of drug-likeness (QED) is 0.844. The van der Waals surface area contributed by atoms with Crippen molar-refractivity contribution in [3.8, 4) is 6.07 Å². The predicted molar refractivity (Wildman–Crippen MR) is 91.9 cm³/mol. The molecule has 2 aromatic rings. The van der Waals surface area contributed by atoms with E-state index >= 15 is 0 Å². The molecule has 2 atom stereocenters. The van der Waals surface area contributed by atoms with Gasteiger partial charge in [-0.2, -0.15) is 5.26 Å². The summed E-state index contributed by atoms with van der Waals surface area (Å²) in [7, 11) is 1.25. The summed E-state index contributed by atoms with van der Waals surface area (Å²) >= 11 is 0. The number of hydrogen-bond donors (Lipinski definition) is 1. The second-order valence-electron chi connectivity index (χ2n) is 6.14. The monoisotopic (exact) mass is 340 g/mol. The number of nitriles is 1. The highest BCUT2D eigenvalue weighted by Crippen LogP contribution is 2.30. The van der Waals surface area contributed by atoms with Gasteiger partial charge in [-0.15, -0.1) is 0 Å². The summed E-state index contributed by atoms with van der Waals surface area (Å²) in [6.07, 6.45) is 1.86. The number of carbonyl (C=O) groups excluding carboxylic acids is 1. The summed E-state index contributed by atoms with van der Waals surface area (Å²) in [6.45, 7) is 1.47. The maximum absolute atomic E-state index is 12.1. The zero-order chi connectivity index (χ0) is 17.8. The van der Waals surface area contributed by atoms with Crippen LogP contribution in [0.1, 0.15) is 24.5 Å². The van der Waals surface area contributed by atoms with Crippen LogP contribution in [0.15, 0.2) is 24.3 Å². The van der Waals surface area contributed by atoms with E-state index in [4.69, 9.17) is 4.74 Å². The molecule has 1 aliphatic heterocycles. The van der Waals surface area contributed by atoms with Gasteiger partial charge >= 0.3 is 5.97 Å². The molecule has 0 bridgehead atoms. The molecule has 0 radical (unpaired) electrons. The summed E-state index contributed by atoms with van der Waals surface area (Å²) in [5.74, 6) is -1.11. The number of para-hydroxylation sites is 2. The molecule has 1 saturated heterocycles. The van der Waals surface area contributed by atoms with Crippen molar-refractivity contribution in [2.24, 2.45) is 5.92 Å². The fourth-order valence-corrected chi connectivity index (χ4v) is 3.18. The second kappa shape index (κ2) is 7.45. The number of benzene rings is 1. The molecule has 0 spiro atoms. The molecule has 0 amide bonds. The summed E-state index contributed by atoms with van der Waals surface area (Å²) < 4.78 is 4.77. The van der Waals surface area contributed by atoms with Gasteiger partial charge in [-0.3, -0.25) is 4.79 Å². The lowest BCUT2D eigenvalue weighted by Gasteiger charge is -2.34. The van der Waals surface area contributed by atoms with Crippen molar-refractivity contribution < 1.29 is 14.6 Å². The van der Waals surface area contributed by atoms with Crippen molar-refractivity contribution in [2.75, 3.05) is 31.7 Å². The summed E-state index contributed by atoms with van der Waals surface area (Å²) in [5, 5.41) is 19.0. The Kier molecular flexibility index (Phi) is 5.10. The summed E-state index contributed by atoms with van der Waals surface area (Å²) in [5.41, 5.74) is 1.64. The standard InChI is InChI=1S/C18H20N4O3/c1-25-18(24)13(9-19)16-17(22-8-4-5-12(10-22)11-23)21-15-7-3-2-6-14(15)20-16/h2-3,6-7,12-13,23H,4-5,8,10-11H2,1H3/t12-,13+/m0/s1.